The molecule has 0 aliphatic carbocycles. The van der Waals surface area contributed by atoms with E-state index < -0.39 is 11.2 Å². The third-order valence-corrected chi connectivity index (χ3v) is 5.16. The van der Waals surface area contributed by atoms with Crippen LogP contribution in [0.3, 0.4) is 0 Å². The number of aryl methyl sites for hydroxylation is 4. The molecule has 0 radical (unpaired) electrons. The van der Waals surface area contributed by atoms with Crippen LogP contribution in [0.5, 0.6) is 0 Å². The fourth-order valence-electron chi connectivity index (χ4n) is 3.79. The summed E-state index contributed by atoms with van der Waals surface area (Å²) in [4.78, 5) is 30.3. The second-order valence-electron chi connectivity index (χ2n) is 7.23. The standard InChI is InChI=1S/C20H23N5O3/c1-12-6-7-15(13(2)10-12)25-14(3)11-24-16-17(21-19(24)25)22(4)20(28)23(18(16)27)8-5-9-26/h6-7,10-11,26H,5,8-9H2,1-4H3. The maximum absolute atomic E-state index is 13.0. The maximum atomic E-state index is 13.0. The Morgan fingerprint density at radius 3 is 2.57 bits per heavy atom. The number of hydrogen-bond acceptors (Lipinski definition) is 4. The van der Waals surface area contributed by atoms with Crippen LogP contribution in [0, 0.1) is 20.8 Å². The molecule has 1 aromatic carbocycles. The zero-order valence-corrected chi connectivity index (χ0v) is 16.4. The molecule has 0 spiro atoms. The van der Waals surface area contributed by atoms with Crippen LogP contribution in [0.1, 0.15) is 23.2 Å². The molecule has 3 heterocycles. The van der Waals surface area contributed by atoms with Gasteiger partial charge in [0.25, 0.3) is 5.56 Å². The molecule has 0 atom stereocenters. The SMILES string of the molecule is Cc1ccc(-n2c(C)cn3c4c(=O)n(CCCO)c(=O)n(C)c4nc23)c(C)c1. The van der Waals surface area contributed by atoms with Crippen LogP contribution in [0.4, 0.5) is 0 Å². The molecule has 0 aliphatic rings. The highest BCUT2D eigenvalue weighted by atomic mass is 16.3. The first-order chi connectivity index (χ1) is 13.3. The number of imidazole rings is 2. The fraction of sp³-hybridized carbons (Fsp3) is 0.350. The number of fused-ring (bicyclic) bond motifs is 3. The predicted octanol–water partition coefficient (Wildman–Crippen LogP) is 1.45. The van der Waals surface area contributed by atoms with E-state index in [1.165, 1.54) is 10.1 Å². The molecule has 146 valence electrons. The van der Waals surface area contributed by atoms with Gasteiger partial charge in [0, 0.05) is 32.1 Å². The average molecular weight is 381 g/mol. The molecule has 0 aliphatic heterocycles. The van der Waals surface area contributed by atoms with E-state index in [4.69, 9.17) is 5.11 Å². The Morgan fingerprint density at radius 1 is 1.14 bits per heavy atom. The van der Waals surface area contributed by atoms with Gasteiger partial charge in [0.2, 0.25) is 5.78 Å². The summed E-state index contributed by atoms with van der Waals surface area (Å²) < 4.78 is 6.30. The van der Waals surface area contributed by atoms with Gasteiger partial charge in [-0.1, -0.05) is 17.7 Å². The van der Waals surface area contributed by atoms with E-state index in [0.717, 1.165) is 21.5 Å². The second-order valence-corrected chi connectivity index (χ2v) is 7.23. The lowest BCUT2D eigenvalue weighted by atomic mass is 10.1. The molecule has 4 aromatic rings. The van der Waals surface area contributed by atoms with E-state index >= 15 is 0 Å². The lowest BCUT2D eigenvalue weighted by Crippen LogP contribution is -2.39. The summed E-state index contributed by atoms with van der Waals surface area (Å²) in [6, 6.07) is 6.18. The molecule has 0 fully saturated rings. The van der Waals surface area contributed by atoms with Gasteiger partial charge in [-0.2, -0.15) is 4.98 Å². The van der Waals surface area contributed by atoms with Gasteiger partial charge in [-0.05, 0) is 38.8 Å². The van der Waals surface area contributed by atoms with Crippen LogP contribution in [-0.4, -0.2) is 34.8 Å². The van der Waals surface area contributed by atoms with Crippen molar-refractivity contribution in [2.45, 2.75) is 33.7 Å². The van der Waals surface area contributed by atoms with E-state index in [1.54, 1.807) is 11.4 Å². The van der Waals surface area contributed by atoms with E-state index in [2.05, 4.69) is 11.1 Å². The van der Waals surface area contributed by atoms with Crippen molar-refractivity contribution in [2.24, 2.45) is 7.05 Å². The second kappa shape index (κ2) is 6.49. The quantitative estimate of drug-likeness (QED) is 0.580. The summed E-state index contributed by atoms with van der Waals surface area (Å²) in [5.74, 6) is 0.589. The summed E-state index contributed by atoms with van der Waals surface area (Å²) in [7, 11) is 1.61. The Morgan fingerprint density at radius 2 is 1.89 bits per heavy atom. The number of benzene rings is 1. The molecule has 0 saturated carbocycles. The van der Waals surface area contributed by atoms with Crippen molar-refractivity contribution in [1.29, 1.82) is 0 Å². The molecule has 0 bridgehead atoms. The van der Waals surface area contributed by atoms with Crippen LogP contribution in [0.25, 0.3) is 22.6 Å². The van der Waals surface area contributed by atoms with Crippen LogP contribution >= 0.6 is 0 Å². The molecular formula is C20H23N5O3. The molecule has 0 unspecified atom stereocenters. The molecule has 8 heteroatoms. The number of nitrogens with zero attached hydrogens (tertiary/aromatic N) is 5. The van der Waals surface area contributed by atoms with E-state index in [0.29, 0.717) is 23.4 Å². The lowest BCUT2D eigenvalue weighted by Gasteiger charge is -2.10. The maximum Gasteiger partial charge on any atom is 0.332 e. The van der Waals surface area contributed by atoms with E-state index in [-0.39, 0.29) is 13.2 Å². The average Bonchev–Trinajstić information content (AvgIpc) is 3.15. The first kappa shape index (κ1) is 18.2. The molecule has 0 saturated heterocycles. The topological polar surface area (TPSA) is 86.5 Å². The molecule has 1 N–H and O–H groups in total. The van der Waals surface area contributed by atoms with Crippen molar-refractivity contribution in [3.63, 3.8) is 0 Å². The normalized spacial score (nSPS) is 11.8. The van der Waals surface area contributed by atoms with Crippen LogP contribution < -0.4 is 11.2 Å². The van der Waals surface area contributed by atoms with Gasteiger partial charge in [0.15, 0.2) is 11.2 Å². The Hall–Kier alpha value is -3.13. The van der Waals surface area contributed by atoms with Gasteiger partial charge in [0.05, 0.1) is 5.69 Å². The first-order valence-corrected chi connectivity index (χ1v) is 9.23. The van der Waals surface area contributed by atoms with Crippen molar-refractivity contribution in [3.05, 3.63) is 62.1 Å². The van der Waals surface area contributed by atoms with Crippen molar-refractivity contribution in [3.8, 4) is 5.69 Å². The van der Waals surface area contributed by atoms with Crippen molar-refractivity contribution < 1.29 is 5.11 Å². The van der Waals surface area contributed by atoms with Crippen LogP contribution in [0.15, 0.2) is 34.0 Å². The van der Waals surface area contributed by atoms with Crippen molar-refractivity contribution >= 4 is 16.9 Å². The number of aromatic nitrogens is 5. The highest BCUT2D eigenvalue weighted by Gasteiger charge is 2.21. The minimum atomic E-state index is -0.429. The Bertz CT molecular complexity index is 1340. The molecule has 28 heavy (non-hydrogen) atoms. The third-order valence-electron chi connectivity index (χ3n) is 5.16. The fourth-order valence-corrected chi connectivity index (χ4v) is 3.79. The van der Waals surface area contributed by atoms with E-state index in [1.807, 2.05) is 43.7 Å². The minimum Gasteiger partial charge on any atom is -0.396 e. The van der Waals surface area contributed by atoms with Gasteiger partial charge in [0.1, 0.15) is 0 Å². The summed E-state index contributed by atoms with van der Waals surface area (Å²) in [6.45, 7) is 6.13. The zero-order chi connectivity index (χ0) is 20.2. The van der Waals surface area contributed by atoms with Gasteiger partial charge >= 0.3 is 5.69 Å². The van der Waals surface area contributed by atoms with Crippen LogP contribution in [-0.2, 0) is 13.6 Å². The summed E-state index contributed by atoms with van der Waals surface area (Å²) in [5.41, 5.74) is 4.08. The summed E-state index contributed by atoms with van der Waals surface area (Å²) >= 11 is 0. The van der Waals surface area contributed by atoms with Crippen molar-refractivity contribution in [2.75, 3.05) is 6.61 Å². The van der Waals surface area contributed by atoms with Crippen LogP contribution in [0.2, 0.25) is 0 Å². The number of aliphatic hydroxyl groups is 1. The van der Waals surface area contributed by atoms with Gasteiger partial charge in [-0.3, -0.25) is 22.9 Å². The lowest BCUT2D eigenvalue weighted by molar-refractivity contribution is 0.277. The molecule has 3 aromatic heterocycles. The molecule has 4 rings (SSSR count). The molecular weight excluding hydrogens is 358 g/mol. The predicted molar refractivity (Wildman–Crippen MR) is 107 cm³/mol. The summed E-state index contributed by atoms with van der Waals surface area (Å²) in [5, 5.41) is 9.09. The minimum absolute atomic E-state index is 0.0857. The first-order valence-electron chi connectivity index (χ1n) is 9.23. The monoisotopic (exact) mass is 381 g/mol. The van der Waals surface area contributed by atoms with Gasteiger partial charge in [-0.25, -0.2) is 4.79 Å². The Labute approximate surface area is 160 Å². The Balaban J connectivity index is 2.09. The van der Waals surface area contributed by atoms with Gasteiger partial charge in [-0.15, -0.1) is 0 Å². The highest BCUT2D eigenvalue weighted by Crippen LogP contribution is 2.23. The smallest absolute Gasteiger partial charge is 0.332 e. The summed E-state index contributed by atoms with van der Waals surface area (Å²) in [6.07, 6.45) is 2.21. The third kappa shape index (κ3) is 2.52. The van der Waals surface area contributed by atoms with E-state index in [9.17, 15) is 9.59 Å². The number of aliphatic hydroxyl groups excluding tert-OH is 1. The van der Waals surface area contributed by atoms with Gasteiger partial charge < -0.3 is 5.11 Å². The Kier molecular flexibility index (Phi) is 4.23. The largest absolute Gasteiger partial charge is 0.396 e. The zero-order valence-electron chi connectivity index (χ0n) is 16.4. The van der Waals surface area contributed by atoms with Crippen molar-refractivity contribution in [1.82, 2.24) is 23.1 Å². The number of hydrogen-bond donors (Lipinski definition) is 1. The molecule has 8 nitrogen and oxygen atoms in total. The molecule has 0 amide bonds. The number of rotatable bonds is 4. The highest BCUT2D eigenvalue weighted by molar-refractivity contribution is 5.76.